The largest absolute Gasteiger partial charge is 0.482 e. The number of hydrogen-bond acceptors (Lipinski definition) is 4. The molecule has 0 aliphatic heterocycles. The van der Waals surface area contributed by atoms with E-state index in [0.717, 1.165) is 12.1 Å². The van der Waals surface area contributed by atoms with Gasteiger partial charge < -0.3 is 4.74 Å². The maximum absolute atomic E-state index is 13.5. The quantitative estimate of drug-likeness (QED) is 0.424. The van der Waals surface area contributed by atoms with Gasteiger partial charge in [-0.25, -0.2) is 9.37 Å². The van der Waals surface area contributed by atoms with Crippen LogP contribution < -0.4 is 4.74 Å². The number of hydrogen-bond donors (Lipinski definition) is 0. The van der Waals surface area contributed by atoms with Gasteiger partial charge in [-0.1, -0.05) is 23.2 Å². The van der Waals surface area contributed by atoms with Crippen molar-refractivity contribution in [3.8, 4) is 5.75 Å². The Balaban J connectivity index is 2.27. The summed E-state index contributed by atoms with van der Waals surface area (Å²) < 4.78 is 18.7. The summed E-state index contributed by atoms with van der Waals surface area (Å²) in [7, 11) is 0. The molecule has 0 bridgehead atoms. The SMILES string of the molecule is O=[N+]([O-])c1cc(Br)c(F)cc1OCc1cnc(Cl)cc1Cl. The zero-order valence-electron chi connectivity index (χ0n) is 10.1. The molecule has 21 heavy (non-hydrogen) atoms. The van der Waals surface area contributed by atoms with Crippen LogP contribution in [0.3, 0.4) is 0 Å². The molecule has 0 atom stereocenters. The Kier molecular flexibility index (Phi) is 4.97. The van der Waals surface area contributed by atoms with E-state index in [0.29, 0.717) is 10.6 Å². The summed E-state index contributed by atoms with van der Waals surface area (Å²) >= 11 is 14.5. The predicted molar refractivity (Wildman–Crippen MR) is 79.3 cm³/mol. The molecule has 1 aromatic heterocycles. The number of nitrogens with zero attached hydrogens (tertiary/aromatic N) is 2. The maximum atomic E-state index is 13.5. The molecule has 0 fully saturated rings. The predicted octanol–water partition coefficient (Wildman–Crippen LogP) is 4.78. The van der Waals surface area contributed by atoms with E-state index in [-0.39, 0.29) is 27.7 Å². The van der Waals surface area contributed by atoms with Crippen LogP contribution >= 0.6 is 39.1 Å². The monoisotopic (exact) mass is 394 g/mol. The Bertz CT molecular complexity index is 715. The molecular formula is C12H6BrCl2FN2O3. The average Bonchev–Trinajstić information content (AvgIpc) is 2.41. The van der Waals surface area contributed by atoms with Crippen LogP contribution in [-0.2, 0) is 6.61 Å². The fraction of sp³-hybridized carbons (Fsp3) is 0.0833. The van der Waals surface area contributed by atoms with E-state index in [2.05, 4.69) is 20.9 Å². The van der Waals surface area contributed by atoms with Gasteiger partial charge in [-0.2, -0.15) is 0 Å². The molecule has 0 N–H and O–H groups in total. The molecule has 2 rings (SSSR count). The van der Waals surface area contributed by atoms with Crippen LogP contribution in [0.2, 0.25) is 10.2 Å². The van der Waals surface area contributed by atoms with Crippen molar-refractivity contribution >= 4 is 44.8 Å². The van der Waals surface area contributed by atoms with Gasteiger partial charge in [-0.05, 0) is 22.0 Å². The third-order valence-electron chi connectivity index (χ3n) is 2.48. The summed E-state index contributed by atoms with van der Waals surface area (Å²) in [5.74, 6) is -0.873. The lowest BCUT2D eigenvalue weighted by Gasteiger charge is -2.09. The molecule has 2 aromatic rings. The highest BCUT2D eigenvalue weighted by atomic mass is 79.9. The van der Waals surface area contributed by atoms with E-state index in [4.69, 9.17) is 27.9 Å². The van der Waals surface area contributed by atoms with Crippen molar-refractivity contribution in [1.82, 2.24) is 4.98 Å². The fourth-order valence-electron chi connectivity index (χ4n) is 1.47. The molecule has 9 heteroatoms. The van der Waals surface area contributed by atoms with Crippen LogP contribution in [0, 0.1) is 15.9 Å². The first-order valence-electron chi connectivity index (χ1n) is 5.44. The van der Waals surface area contributed by atoms with Crippen LogP contribution in [0.5, 0.6) is 5.75 Å². The van der Waals surface area contributed by atoms with Gasteiger partial charge in [0.2, 0.25) is 0 Å². The average molecular weight is 396 g/mol. The summed E-state index contributed by atoms with van der Waals surface area (Å²) in [5, 5.41) is 11.4. The van der Waals surface area contributed by atoms with Gasteiger partial charge in [0, 0.05) is 23.9 Å². The van der Waals surface area contributed by atoms with E-state index < -0.39 is 10.7 Å². The number of aromatic nitrogens is 1. The van der Waals surface area contributed by atoms with E-state index in [1.807, 2.05) is 0 Å². The Morgan fingerprint density at radius 1 is 1.38 bits per heavy atom. The van der Waals surface area contributed by atoms with Crippen molar-refractivity contribution in [3.05, 3.63) is 60.5 Å². The first-order chi connectivity index (χ1) is 9.88. The molecule has 5 nitrogen and oxygen atoms in total. The van der Waals surface area contributed by atoms with Gasteiger partial charge in [-0.15, -0.1) is 0 Å². The minimum Gasteiger partial charge on any atom is -0.482 e. The maximum Gasteiger partial charge on any atom is 0.312 e. The zero-order chi connectivity index (χ0) is 15.6. The van der Waals surface area contributed by atoms with Gasteiger partial charge in [0.05, 0.1) is 14.4 Å². The summed E-state index contributed by atoms with van der Waals surface area (Å²) in [6.45, 7) is -0.106. The minimum atomic E-state index is -0.670. The van der Waals surface area contributed by atoms with Crippen molar-refractivity contribution in [2.45, 2.75) is 6.61 Å². The van der Waals surface area contributed by atoms with Gasteiger partial charge in [0.15, 0.2) is 5.75 Å². The lowest BCUT2D eigenvalue weighted by Crippen LogP contribution is -2.01. The lowest BCUT2D eigenvalue weighted by molar-refractivity contribution is -0.386. The molecule has 0 spiro atoms. The molecule has 0 amide bonds. The Hall–Kier alpha value is -1.44. The normalized spacial score (nSPS) is 10.5. The third-order valence-corrected chi connectivity index (χ3v) is 3.64. The highest BCUT2D eigenvalue weighted by molar-refractivity contribution is 9.10. The van der Waals surface area contributed by atoms with Gasteiger partial charge in [0.25, 0.3) is 0 Å². The molecule has 0 saturated heterocycles. The van der Waals surface area contributed by atoms with Crippen LogP contribution in [0.4, 0.5) is 10.1 Å². The van der Waals surface area contributed by atoms with Gasteiger partial charge >= 0.3 is 5.69 Å². The Morgan fingerprint density at radius 2 is 2.10 bits per heavy atom. The number of nitro benzene ring substituents is 1. The number of pyridine rings is 1. The number of halogens is 4. The van der Waals surface area contributed by atoms with Crippen molar-refractivity contribution in [1.29, 1.82) is 0 Å². The molecular weight excluding hydrogens is 390 g/mol. The van der Waals surface area contributed by atoms with Crippen LogP contribution in [-0.4, -0.2) is 9.91 Å². The summed E-state index contributed by atoms with van der Waals surface area (Å²) in [6, 6.07) is 3.38. The van der Waals surface area contributed by atoms with Crippen molar-refractivity contribution in [2.75, 3.05) is 0 Å². The van der Waals surface area contributed by atoms with Crippen molar-refractivity contribution in [3.63, 3.8) is 0 Å². The highest BCUT2D eigenvalue weighted by Crippen LogP contribution is 2.33. The molecule has 0 unspecified atom stereocenters. The highest BCUT2D eigenvalue weighted by Gasteiger charge is 2.19. The molecule has 110 valence electrons. The molecule has 0 radical (unpaired) electrons. The van der Waals surface area contributed by atoms with Gasteiger partial charge in [-0.3, -0.25) is 10.1 Å². The summed E-state index contributed by atoms with van der Waals surface area (Å²) in [6.07, 6.45) is 1.38. The van der Waals surface area contributed by atoms with E-state index in [1.54, 1.807) is 0 Å². The van der Waals surface area contributed by atoms with Crippen LogP contribution in [0.1, 0.15) is 5.56 Å². The van der Waals surface area contributed by atoms with E-state index >= 15 is 0 Å². The number of ether oxygens (including phenoxy) is 1. The third kappa shape index (κ3) is 3.81. The second-order valence-corrected chi connectivity index (χ2v) is 5.53. The topological polar surface area (TPSA) is 65.3 Å². The molecule has 1 heterocycles. The Labute approximate surface area is 136 Å². The van der Waals surface area contributed by atoms with Crippen LogP contribution in [0.25, 0.3) is 0 Å². The smallest absolute Gasteiger partial charge is 0.312 e. The second-order valence-electron chi connectivity index (χ2n) is 3.88. The standard InChI is InChI=1S/C12H6BrCl2FN2O3/c13-7-1-10(18(19)20)11(3-9(7)16)21-5-6-4-17-12(15)2-8(6)14/h1-4H,5H2. The minimum absolute atomic E-state index is 0.0206. The molecule has 0 aliphatic carbocycles. The molecule has 0 aliphatic rings. The lowest BCUT2D eigenvalue weighted by atomic mass is 10.2. The zero-order valence-corrected chi connectivity index (χ0v) is 13.2. The number of nitro groups is 1. The van der Waals surface area contributed by atoms with E-state index in [9.17, 15) is 14.5 Å². The number of rotatable bonds is 4. The second kappa shape index (κ2) is 6.55. The van der Waals surface area contributed by atoms with Gasteiger partial charge in [0.1, 0.15) is 17.6 Å². The molecule has 1 aromatic carbocycles. The number of benzene rings is 1. The summed E-state index contributed by atoms with van der Waals surface area (Å²) in [5.41, 5.74) is 0.111. The summed E-state index contributed by atoms with van der Waals surface area (Å²) in [4.78, 5) is 14.1. The van der Waals surface area contributed by atoms with Crippen LogP contribution in [0.15, 0.2) is 28.9 Å². The fourth-order valence-corrected chi connectivity index (χ4v) is 2.23. The van der Waals surface area contributed by atoms with Crippen molar-refractivity contribution < 1.29 is 14.1 Å². The first-order valence-corrected chi connectivity index (χ1v) is 6.99. The van der Waals surface area contributed by atoms with E-state index in [1.165, 1.54) is 12.3 Å². The molecule has 0 saturated carbocycles. The van der Waals surface area contributed by atoms with Crippen molar-refractivity contribution in [2.24, 2.45) is 0 Å². The first kappa shape index (κ1) is 15.9. The Morgan fingerprint density at radius 3 is 2.71 bits per heavy atom.